The molecule has 0 aromatic carbocycles. The Morgan fingerprint density at radius 3 is 3.12 bits per heavy atom. The van der Waals surface area contributed by atoms with Gasteiger partial charge in [-0.3, -0.25) is 4.90 Å². The van der Waals surface area contributed by atoms with Crippen LogP contribution in [0.1, 0.15) is 46.9 Å². The quantitative estimate of drug-likeness (QED) is 0.881. The van der Waals surface area contributed by atoms with Gasteiger partial charge in [0.15, 0.2) is 0 Å². The number of carboxylic acids is 1. The van der Waals surface area contributed by atoms with Crippen LogP contribution in [0.3, 0.4) is 0 Å². The van der Waals surface area contributed by atoms with Crippen LogP contribution in [-0.4, -0.2) is 34.0 Å². The number of hydrogen-bond donors (Lipinski definition) is 1. The summed E-state index contributed by atoms with van der Waals surface area (Å²) in [6, 6.07) is 0.330. The van der Waals surface area contributed by atoms with Crippen molar-refractivity contribution in [3.8, 4) is 0 Å². The minimum absolute atomic E-state index is 0.330. The largest absolute Gasteiger partial charge is 0.477 e. The monoisotopic (exact) mass is 240 g/mol. The third kappa shape index (κ3) is 2.25. The zero-order valence-electron chi connectivity index (χ0n) is 9.35. The van der Waals surface area contributed by atoms with Crippen molar-refractivity contribution in [2.45, 2.75) is 32.2 Å². The van der Waals surface area contributed by atoms with E-state index >= 15 is 0 Å². The number of piperidine rings is 1. The minimum Gasteiger partial charge on any atom is -0.477 e. The topological polar surface area (TPSA) is 53.4 Å². The van der Waals surface area contributed by atoms with Crippen molar-refractivity contribution in [2.75, 3.05) is 13.1 Å². The Kier molecular flexibility index (Phi) is 3.56. The molecule has 88 valence electrons. The molecule has 1 aromatic heterocycles. The van der Waals surface area contributed by atoms with Crippen LogP contribution in [0.5, 0.6) is 0 Å². The number of carboxylic acid groups (broad SMARTS) is 1. The first-order valence-electron chi connectivity index (χ1n) is 5.65. The second-order valence-electron chi connectivity index (χ2n) is 4.01. The van der Waals surface area contributed by atoms with Crippen molar-refractivity contribution in [3.05, 3.63) is 16.1 Å². The lowest BCUT2D eigenvalue weighted by Gasteiger charge is -2.33. The van der Waals surface area contributed by atoms with Gasteiger partial charge in [0.2, 0.25) is 0 Å². The van der Waals surface area contributed by atoms with E-state index in [0.29, 0.717) is 10.9 Å². The number of rotatable bonds is 3. The van der Waals surface area contributed by atoms with Gasteiger partial charge in [-0.25, -0.2) is 9.78 Å². The van der Waals surface area contributed by atoms with Gasteiger partial charge in [-0.2, -0.15) is 0 Å². The van der Waals surface area contributed by atoms with Crippen LogP contribution >= 0.6 is 11.3 Å². The number of nitrogens with zero attached hydrogens (tertiary/aromatic N) is 2. The van der Waals surface area contributed by atoms with Gasteiger partial charge >= 0.3 is 5.97 Å². The van der Waals surface area contributed by atoms with Gasteiger partial charge in [0.1, 0.15) is 9.88 Å². The van der Waals surface area contributed by atoms with Crippen molar-refractivity contribution in [1.82, 2.24) is 9.88 Å². The Morgan fingerprint density at radius 2 is 2.50 bits per heavy atom. The fraction of sp³-hybridized carbons (Fsp3) is 0.636. The molecule has 1 aliphatic heterocycles. The number of likely N-dealkylation sites (tertiary alicyclic amines) is 1. The number of aromatic carboxylic acids is 1. The maximum atomic E-state index is 10.8. The molecule has 1 N–H and O–H groups in total. The molecule has 0 saturated carbocycles. The van der Waals surface area contributed by atoms with E-state index in [0.717, 1.165) is 24.5 Å². The lowest BCUT2D eigenvalue weighted by molar-refractivity contribution is 0.0702. The molecule has 2 rings (SSSR count). The average molecular weight is 240 g/mol. The molecule has 1 saturated heterocycles. The Morgan fingerprint density at radius 1 is 1.69 bits per heavy atom. The molecule has 0 aliphatic carbocycles. The first-order valence-corrected chi connectivity index (χ1v) is 6.47. The van der Waals surface area contributed by atoms with E-state index in [-0.39, 0.29) is 0 Å². The summed E-state index contributed by atoms with van der Waals surface area (Å²) in [4.78, 5) is 17.8. The lowest BCUT2D eigenvalue weighted by atomic mass is 10.0. The van der Waals surface area contributed by atoms with Crippen LogP contribution in [0.15, 0.2) is 6.20 Å². The second-order valence-corrected chi connectivity index (χ2v) is 5.07. The summed E-state index contributed by atoms with van der Waals surface area (Å²) in [6.45, 7) is 4.25. The molecule has 1 aliphatic rings. The number of thiazole rings is 1. The summed E-state index contributed by atoms with van der Waals surface area (Å²) in [6.07, 6.45) is 5.02. The smallest absolute Gasteiger partial charge is 0.347 e. The van der Waals surface area contributed by atoms with Gasteiger partial charge in [0, 0.05) is 0 Å². The molecular weight excluding hydrogens is 224 g/mol. The van der Waals surface area contributed by atoms with E-state index < -0.39 is 5.97 Å². The Bertz CT molecular complexity index is 378. The van der Waals surface area contributed by atoms with Crippen LogP contribution in [0.4, 0.5) is 0 Å². The molecule has 1 aromatic rings. The fourth-order valence-electron chi connectivity index (χ4n) is 2.19. The predicted molar refractivity (Wildman–Crippen MR) is 62.9 cm³/mol. The van der Waals surface area contributed by atoms with Crippen LogP contribution < -0.4 is 0 Å². The summed E-state index contributed by atoms with van der Waals surface area (Å²) in [7, 11) is 0. The van der Waals surface area contributed by atoms with Gasteiger partial charge < -0.3 is 5.11 Å². The van der Waals surface area contributed by atoms with Crippen LogP contribution in [-0.2, 0) is 0 Å². The van der Waals surface area contributed by atoms with E-state index in [2.05, 4.69) is 16.8 Å². The van der Waals surface area contributed by atoms with Crippen molar-refractivity contribution >= 4 is 17.3 Å². The summed E-state index contributed by atoms with van der Waals surface area (Å²) in [5.41, 5.74) is 0. The van der Waals surface area contributed by atoms with Crippen LogP contribution in [0, 0.1) is 0 Å². The average Bonchev–Trinajstić information content (AvgIpc) is 2.78. The van der Waals surface area contributed by atoms with Gasteiger partial charge in [0.05, 0.1) is 12.2 Å². The van der Waals surface area contributed by atoms with E-state index in [9.17, 15) is 4.79 Å². The van der Waals surface area contributed by atoms with E-state index in [1.54, 1.807) is 0 Å². The molecule has 16 heavy (non-hydrogen) atoms. The third-order valence-electron chi connectivity index (χ3n) is 3.04. The molecule has 0 radical (unpaired) electrons. The first kappa shape index (κ1) is 11.5. The molecule has 2 heterocycles. The van der Waals surface area contributed by atoms with Gasteiger partial charge in [0.25, 0.3) is 0 Å². The first-order chi connectivity index (χ1) is 7.72. The fourth-order valence-corrected chi connectivity index (χ4v) is 3.12. The van der Waals surface area contributed by atoms with Crippen LogP contribution in [0.25, 0.3) is 0 Å². The van der Waals surface area contributed by atoms with Crippen molar-refractivity contribution in [3.63, 3.8) is 0 Å². The molecule has 4 nitrogen and oxygen atoms in total. The SMILES string of the molecule is CCN1CCCCC1c1ncc(C(=O)O)s1. The standard InChI is InChI=1S/C11H16N2O2S/c1-2-13-6-4-3-5-8(13)10-12-7-9(16-10)11(14)15/h7-8H,2-6H2,1H3,(H,14,15). The molecule has 0 amide bonds. The molecular formula is C11H16N2O2S. The summed E-state index contributed by atoms with van der Waals surface area (Å²) in [5.74, 6) is -0.873. The second kappa shape index (κ2) is 4.93. The maximum Gasteiger partial charge on any atom is 0.347 e. The highest BCUT2D eigenvalue weighted by Crippen LogP contribution is 2.32. The Balaban J connectivity index is 2.17. The number of aromatic nitrogens is 1. The highest BCUT2D eigenvalue weighted by Gasteiger charge is 2.25. The zero-order chi connectivity index (χ0) is 11.5. The van der Waals surface area contributed by atoms with Crippen molar-refractivity contribution < 1.29 is 9.90 Å². The Hall–Kier alpha value is -0.940. The predicted octanol–water partition coefficient (Wildman–Crippen LogP) is 2.39. The summed E-state index contributed by atoms with van der Waals surface area (Å²) < 4.78 is 0. The molecule has 1 atom stereocenters. The van der Waals surface area contributed by atoms with Crippen molar-refractivity contribution in [1.29, 1.82) is 0 Å². The van der Waals surface area contributed by atoms with Gasteiger partial charge in [-0.1, -0.05) is 13.3 Å². The highest BCUT2D eigenvalue weighted by atomic mass is 32.1. The molecule has 1 unspecified atom stereocenters. The maximum absolute atomic E-state index is 10.8. The van der Waals surface area contributed by atoms with E-state index in [1.807, 2.05) is 0 Å². The highest BCUT2D eigenvalue weighted by molar-refractivity contribution is 7.13. The molecule has 5 heteroatoms. The third-order valence-corrected chi connectivity index (χ3v) is 4.13. The van der Waals surface area contributed by atoms with Gasteiger partial charge in [-0.15, -0.1) is 11.3 Å². The van der Waals surface area contributed by atoms with Crippen LogP contribution in [0.2, 0.25) is 0 Å². The van der Waals surface area contributed by atoms with E-state index in [1.165, 1.54) is 30.4 Å². The summed E-state index contributed by atoms with van der Waals surface area (Å²) in [5, 5.41) is 9.83. The zero-order valence-corrected chi connectivity index (χ0v) is 10.2. The van der Waals surface area contributed by atoms with E-state index in [4.69, 9.17) is 5.11 Å². The number of carbonyl (C=O) groups is 1. The molecule has 1 fully saturated rings. The number of hydrogen-bond acceptors (Lipinski definition) is 4. The minimum atomic E-state index is -0.873. The normalized spacial score (nSPS) is 22.2. The van der Waals surface area contributed by atoms with Gasteiger partial charge in [-0.05, 0) is 25.9 Å². The molecule has 0 bridgehead atoms. The van der Waals surface area contributed by atoms with Crippen molar-refractivity contribution in [2.24, 2.45) is 0 Å². The summed E-state index contributed by atoms with van der Waals surface area (Å²) >= 11 is 1.31. The molecule has 0 spiro atoms. The Labute approximate surface area is 98.9 Å². The lowest BCUT2D eigenvalue weighted by Crippen LogP contribution is -2.32.